The van der Waals surface area contributed by atoms with Crippen molar-refractivity contribution in [2.75, 3.05) is 17.2 Å². The van der Waals surface area contributed by atoms with Gasteiger partial charge in [-0.2, -0.15) is 15.1 Å². The second-order valence-electron chi connectivity index (χ2n) is 5.77. The minimum Gasteiger partial charge on any atom is -0.365 e. The Hall–Kier alpha value is -2.34. The normalized spacial score (nSPS) is 11.0. The van der Waals surface area contributed by atoms with Gasteiger partial charge in [-0.15, -0.1) is 0 Å². The maximum absolute atomic E-state index is 6.20. The van der Waals surface area contributed by atoms with Gasteiger partial charge in [0.1, 0.15) is 5.82 Å². The smallest absolute Gasteiger partial charge is 0.226 e. The van der Waals surface area contributed by atoms with Crippen molar-refractivity contribution in [2.45, 2.75) is 26.8 Å². The van der Waals surface area contributed by atoms with Gasteiger partial charge >= 0.3 is 0 Å². The number of halogens is 1. The lowest BCUT2D eigenvalue weighted by Gasteiger charge is -2.10. The van der Waals surface area contributed by atoms with Crippen LogP contribution in [0.15, 0.2) is 24.4 Å². The fraction of sp³-hybridized carbons (Fsp3) is 0.353. The summed E-state index contributed by atoms with van der Waals surface area (Å²) in [7, 11) is 1.88. The molecule has 0 bridgehead atoms. The van der Waals surface area contributed by atoms with Crippen LogP contribution in [-0.2, 0) is 13.6 Å². The first-order valence-electron chi connectivity index (χ1n) is 8.01. The first-order chi connectivity index (χ1) is 11.6. The standard InChI is InChI=1S/C17H21ClN6/c1-4-7-19-17-22-15(13-10-21-24(3)16(13)23-17)20-9-12-6-5-11(2)14(18)8-12/h5-6,8,10H,4,7,9H2,1-3H3,(H2,19,20,22,23). The molecule has 1 aromatic carbocycles. The minimum atomic E-state index is 0.609. The van der Waals surface area contributed by atoms with Gasteiger partial charge in [-0.3, -0.25) is 4.68 Å². The zero-order valence-corrected chi connectivity index (χ0v) is 14.9. The number of anilines is 2. The molecule has 0 amide bonds. The van der Waals surface area contributed by atoms with E-state index in [0.717, 1.165) is 46.0 Å². The Morgan fingerprint density at radius 3 is 2.79 bits per heavy atom. The summed E-state index contributed by atoms with van der Waals surface area (Å²) < 4.78 is 1.75. The number of fused-ring (bicyclic) bond motifs is 1. The average Bonchev–Trinajstić information content (AvgIpc) is 2.95. The highest BCUT2D eigenvalue weighted by molar-refractivity contribution is 6.31. The van der Waals surface area contributed by atoms with Crippen molar-refractivity contribution in [3.63, 3.8) is 0 Å². The summed E-state index contributed by atoms with van der Waals surface area (Å²) in [4.78, 5) is 9.12. The highest BCUT2D eigenvalue weighted by Crippen LogP contribution is 2.23. The quantitative estimate of drug-likeness (QED) is 0.712. The largest absolute Gasteiger partial charge is 0.365 e. The Morgan fingerprint density at radius 2 is 2.04 bits per heavy atom. The van der Waals surface area contributed by atoms with Crippen molar-refractivity contribution in [3.8, 4) is 0 Å². The number of aryl methyl sites for hydroxylation is 2. The molecule has 0 fully saturated rings. The maximum atomic E-state index is 6.20. The van der Waals surface area contributed by atoms with Crippen LogP contribution < -0.4 is 10.6 Å². The molecule has 0 unspecified atom stereocenters. The van der Waals surface area contributed by atoms with Gasteiger partial charge in [-0.25, -0.2) is 0 Å². The molecule has 2 aromatic heterocycles. The highest BCUT2D eigenvalue weighted by Gasteiger charge is 2.11. The van der Waals surface area contributed by atoms with Gasteiger partial charge in [-0.05, 0) is 30.5 Å². The summed E-state index contributed by atoms with van der Waals surface area (Å²) in [5.41, 5.74) is 2.97. The summed E-state index contributed by atoms with van der Waals surface area (Å²) in [6, 6.07) is 6.06. The minimum absolute atomic E-state index is 0.609. The van der Waals surface area contributed by atoms with Gasteiger partial charge in [0, 0.05) is 25.2 Å². The van der Waals surface area contributed by atoms with Crippen molar-refractivity contribution in [1.82, 2.24) is 19.7 Å². The number of hydrogen-bond acceptors (Lipinski definition) is 5. The van der Waals surface area contributed by atoms with Gasteiger partial charge in [0.25, 0.3) is 0 Å². The number of nitrogens with one attached hydrogen (secondary N) is 2. The van der Waals surface area contributed by atoms with Crippen molar-refractivity contribution in [2.24, 2.45) is 7.05 Å². The number of nitrogens with zero attached hydrogens (tertiary/aromatic N) is 4. The van der Waals surface area contributed by atoms with Crippen molar-refractivity contribution in [3.05, 3.63) is 40.5 Å². The van der Waals surface area contributed by atoms with Crippen LogP contribution >= 0.6 is 11.6 Å². The number of hydrogen-bond donors (Lipinski definition) is 2. The van der Waals surface area contributed by atoms with E-state index in [-0.39, 0.29) is 0 Å². The molecule has 24 heavy (non-hydrogen) atoms. The molecule has 126 valence electrons. The third-order valence-corrected chi connectivity index (χ3v) is 4.23. The topological polar surface area (TPSA) is 67.7 Å². The monoisotopic (exact) mass is 344 g/mol. The molecule has 0 saturated carbocycles. The molecule has 2 heterocycles. The zero-order valence-electron chi connectivity index (χ0n) is 14.1. The molecule has 0 aliphatic heterocycles. The van der Waals surface area contributed by atoms with Crippen molar-refractivity contribution >= 4 is 34.4 Å². The van der Waals surface area contributed by atoms with Crippen LogP contribution in [0.1, 0.15) is 24.5 Å². The maximum Gasteiger partial charge on any atom is 0.226 e. The Bertz CT molecular complexity index is 858. The molecule has 0 atom stereocenters. The van der Waals surface area contributed by atoms with Crippen LogP contribution in [0.3, 0.4) is 0 Å². The molecule has 0 radical (unpaired) electrons. The highest BCUT2D eigenvalue weighted by atomic mass is 35.5. The van der Waals surface area contributed by atoms with Crippen LogP contribution in [0.2, 0.25) is 5.02 Å². The summed E-state index contributed by atoms with van der Waals surface area (Å²) in [5, 5.41) is 12.6. The van der Waals surface area contributed by atoms with Crippen LogP contribution in [-0.4, -0.2) is 26.3 Å². The van der Waals surface area contributed by atoms with Crippen molar-refractivity contribution in [1.29, 1.82) is 0 Å². The molecular formula is C17H21ClN6. The molecule has 2 N–H and O–H groups in total. The number of benzene rings is 1. The first kappa shape index (κ1) is 16.5. The van der Waals surface area contributed by atoms with Gasteiger partial charge in [-0.1, -0.05) is 30.7 Å². The summed E-state index contributed by atoms with van der Waals surface area (Å²) >= 11 is 6.20. The van der Waals surface area contributed by atoms with E-state index < -0.39 is 0 Å². The van der Waals surface area contributed by atoms with Crippen LogP contribution in [0, 0.1) is 6.92 Å². The summed E-state index contributed by atoms with van der Waals surface area (Å²) in [5.74, 6) is 1.38. The van der Waals surface area contributed by atoms with E-state index in [2.05, 4.69) is 38.7 Å². The lowest BCUT2D eigenvalue weighted by Crippen LogP contribution is -2.09. The van der Waals surface area contributed by atoms with Gasteiger partial charge < -0.3 is 10.6 Å². The van der Waals surface area contributed by atoms with E-state index in [9.17, 15) is 0 Å². The third-order valence-electron chi connectivity index (χ3n) is 3.82. The molecule has 3 aromatic rings. The molecule has 0 saturated heterocycles. The molecule has 0 spiro atoms. The van der Waals surface area contributed by atoms with Crippen LogP contribution in [0.5, 0.6) is 0 Å². The first-order valence-corrected chi connectivity index (χ1v) is 8.38. The predicted octanol–water partition coefficient (Wildman–Crippen LogP) is 3.76. The Kier molecular flexibility index (Phi) is 4.85. The zero-order chi connectivity index (χ0) is 17.1. The lowest BCUT2D eigenvalue weighted by molar-refractivity contribution is 0.785. The third kappa shape index (κ3) is 3.43. The molecule has 7 heteroatoms. The van der Waals surface area contributed by atoms with E-state index in [4.69, 9.17) is 11.6 Å². The van der Waals surface area contributed by atoms with Crippen molar-refractivity contribution < 1.29 is 0 Å². The second kappa shape index (κ2) is 7.05. The average molecular weight is 345 g/mol. The summed E-state index contributed by atoms with van der Waals surface area (Å²) in [6.07, 6.45) is 2.79. The van der Waals surface area contributed by atoms with E-state index in [1.807, 2.05) is 26.1 Å². The van der Waals surface area contributed by atoms with Gasteiger partial charge in [0.2, 0.25) is 5.95 Å². The molecule has 0 aliphatic rings. The molecule has 6 nitrogen and oxygen atoms in total. The molecular weight excluding hydrogens is 324 g/mol. The fourth-order valence-electron chi connectivity index (χ4n) is 2.40. The lowest BCUT2D eigenvalue weighted by atomic mass is 10.1. The molecule has 3 rings (SSSR count). The van der Waals surface area contributed by atoms with Crippen LogP contribution in [0.4, 0.5) is 11.8 Å². The SMILES string of the molecule is CCCNc1nc(NCc2ccc(C)c(Cl)c2)c2cnn(C)c2n1. The van der Waals surface area contributed by atoms with E-state index in [1.165, 1.54) is 0 Å². The van der Waals surface area contributed by atoms with E-state index >= 15 is 0 Å². The number of rotatable bonds is 6. The predicted molar refractivity (Wildman–Crippen MR) is 98.6 cm³/mol. The Morgan fingerprint density at radius 1 is 1.21 bits per heavy atom. The second-order valence-corrected chi connectivity index (χ2v) is 6.17. The summed E-state index contributed by atoms with van der Waals surface area (Å²) in [6.45, 7) is 5.56. The Labute approximate surface area is 146 Å². The molecule has 0 aliphatic carbocycles. The fourth-order valence-corrected chi connectivity index (χ4v) is 2.61. The van der Waals surface area contributed by atoms with Crippen LogP contribution in [0.25, 0.3) is 11.0 Å². The van der Waals surface area contributed by atoms with E-state index in [1.54, 1.807) is 10.9 Å². The van der Waals surface area contributed by atoms with E-state index in [0.29, 0.717) is 12.5 Å². The van der Waals surface area contributed by atoms with Gasteiger partial charge in [0.15, 0.2) is 5.65 Å². The van der Waals surface area contributed by atoms with Gasteiger partial charge in [0.05, 0.1) is 11.6 Å². The Balaban J connectivity index is 1.88. The number of aromatic nitrogens is 4.